The molecule has 1 aromatic heterocycles. The average molecular weight is 571 g/mol. The second-order valence-corrected chi connectivity index (χ2v) is 12.3. The van der Waals surface area contributed by atoms with Crippen molar-refractivity contribution in [3.8, 4) is 0 Å². The van der Waals surface area contributed by atoms with Gasteiger partial charge in [-0.25, -0.2) is 4.98 Å². The number of hydrogen-bond donors (Lipinski definition) is 0. The smallest absolute Gasteiger partial charge is 0.337 e. The van der Waals surface area contributed by atoms with Crippen molar-refractivity contribution < 1.29 is 13.2 Å². The van der Waals surface area contributed by atoms with E-state index in [4.69, 9.17) is 0 Å². The number of rotatable bonds is 14. The summed E-state index contributed by atoms with van der Waals surface area (Å²) in [5.41, 5.74) is 2.27. The summed E-state index contributed by atoms with van der Waals surface area (Å²) in [4.78, 5) is 5.31. The van der Waals surface area contributed by atoms with E-state index in [9.17, 15) is 13.2 Å². The van der Waals surface area contributed by atoms with Crippen LogP contribution in [0.25, 0.3) is 0 Å². The molecule has 0 aliphatic rings. The molecule has 0 aliphatic carbocycles. The molecule has 0 saturated carbocycles. The van der Waals surface area contributed by atoms with Crippen molar-refractivity contribution in [2.75, 3.05) is 5.75 Å². The van der Waals surface area contributed by atoms with Gasteiger partial charge in [0.2, 0.25) is 6.71 Å². The number of hydrogen-bond acceptors (Lipinski definition) is 2. The van der Waals surface area contributed by atoms with Crippen LogP contribution in [-0.4, -0.2) is 28.2 Å². The molecular weight excluding hydrogens is 524 g/mol. The van der Waals surface area contributed by atoms with E-state index in [1.54, 1.807) is 11.8 Å². The van der Waals surface area contributed by atoms with E-state index in [2.05, 4.69) is 74.6 Å². The first-order chi connectivity index (χ1) is 19.1. The van der Waals surface area contributed by atoms with Crippen molar-refractivity contribution in [1.29, 1.82) is 0 Å². The van der Waals surface area contributed by atoms with Crippen LogP contribution in [0, 0.1) is 17.8 Å². The Hall–Kier alpha value is -2.41. The number of imidazole rings is 1. The van der Waals surface area contributed by atoms with Gasteiger partial charge in [-0.3, -0.25) is 0 Å². The minimum Gasteiger partial charge on any atom is -0.337 e. The number of benzene rings is 2. The SMILES string of the molecule is CCC(CC(C)CC(C)C)Cn1ccnc1.CCSc1ccc(B(CCC=CC(F)(F)F)c2ccccc2)cc1. The second kappa shape index (κ2) is 18.1. The first-order valence-electron chi connectivity index (χ1n) is 14.6. The van der Waals surface area contributed by atoms with Crippen LogP contribution in [0.5, 0.6) is 0 Å². The number of halogens is 3. The highest BCUT2D eigenvalue weighted by Crippen LogP contribution is 2.23. The first-order valence-corrected chi connectivity index (χ1v) is 15.6. The van der Waals surface area contributed by atoms with Gasteiger partial charge in [0, 0.05) is 29.9 Å². The molecular formula is C33H46BF3N2S. The van der Waals surface area contributed by atoms with Gasteiger partial charge >= 0.3 is 6.18 Å². The molecule has 0 fully saturated rings. The standard InChI is InChI=1S/C19H20BF3S.C14H26N2/c1-2-24-18-12-10-17(11-13-18)20(16-8-4-3-5-9-16)15-7-6-14-19(21,22)23;1-5-14(9-13(4)8-12(2)3)10-16-7-6-15-11-16/h3-6,8-14H,2,7,15H2,1H3;6-7,11-14H,5,8-10H2,1-4H3. The Bertz CT molecular complexity index is 1070. The summed E-state index contributed by atoms with van der Waals surface area (Å²) in [6, 6.07) is 18.3. The molecule has 0 spiro atoms. The minimum absolute atomic E-state index is 0.102. The molecule has 0 N–H and O–H groups in total. The van der Waals surface area contributed by atoms with E-state index < -0.39 is 6.18 Å². The fourth-order valence-electron chi connectivity index (χ4n) is 5.19. The van der Waals surface area contributed by atoms with E-state index in [1.165, 1.54) is 30.2 Å². The summed E-state index contributed by atoms with van der Waals surface area (Å²) in [5.74, 6) is 3.47. The van der Waals surface area contributed by atoms with Crippen LogP contribution in [-0.2, 0) is 6.54 Å². The van der Waals surface area contributed by atoms with Crippen LogP contribution < -0.4 is 10.9 Å². The third-order valence-electron chi connectivity index (χ3n) is 6.94. The molecule has 2 nitrogen and oxygen atoms in total. The van der Waals surface area contributed by atoms with Gasteiger partial charge in [0.1, 0.15) is 0 Å². The Kier molecular flexibility index (Phi) is 15.3. The molecule has 218 valence electrons. The molecule has 7 heteroatoms. The van der Waals surface area contributed by atoms with E-state index in [0.717, 1.165) is 41.0 Å². The van der Waals surface area contributed by atoms with Crippen molar-refractivity contribution in [2.24, 2.45) is 17.8 Å². The van der Waals surface area contributed by atoms with Gasteiger partial charge in [-0.1, -0.05) is 107 Å². The maximum atomic E-state index is 12.3. The predicted molar refractivity (Wildman–Crippen MR) is 168 cm³/mol. The molecule has 0 radical (unpaired) electrons. The average Bonchev–Trinajstić information content (AvgIpc) is 3.42. The lowest BCUT2D eigenvalue weighted by Gasteiger charge is -2.21. The Morgan fingerprint density at radius 3 is 2.17 bits per heavy atom. The molecule has 2 atom stereocenters. The lowest BCUT2D eigenvalue weighted by Crippen LogP contribution is -2.41. The van der Waals surface area contributed by atoms with Gasteiger partial charge in [-0.2, -0.15) is 13.2 Å². The largest absolute Gasteiger partial charge is 0.409 e. The summed E-state index contributed by atoms with van der Waals surface area (Å²) in [7, 11) is 0. The predicted octanol–water partition coefficient (Wildman–Crippen LogP) is 8.90. The Balaban J connectivity index is 0.000000305. The molecule has 40 heavy (non-hydrogen) atoms. The van der Waals surface area contributed by atoms with Crippen LogP contribution in [0.15, 0.2) is 90.4 Å². The van der Waals surface area contributed by atoms with Gasteiger partial charge in [-0.05, 0) is 54.9 Å². The van der Waals surface area contributed by atoms with Crippen molar-refractivity contribution in [2.45, 2.75) is 84.2 Å². The van der Waals surface area contributed by atoms with Crippen LogP contribution in [0.2, 0.25) is 6.32 Å². The highest BCUT2D eigenvalue weighted by atomic mass is 32.2. The summed E-state index contributed by atoms with van der Waals surface area (Å²) in [5, 5.41) is 0. The lowest BCUT2D eigenvalue weighted by molar-refractivity contribution is -0.0800. The molecule has 3 aromatic rings. The van der Waals surface area contributed by atoms with Gasteiger partial charge in [0.15, 0.2) is 0 Å². The molecule has 0 saturated heterocycles. The third kappa shape index (κ3) is 13.8. The number of aromatic nitrogens is 2. The van der Waals surface area contributed by atoms with Gasteiger partial charge < -0.3 is 4.57 Å². The fourth-order valence-corrected chi connectivity index (χ4v) is 5.85. The monoisotopic (exact) mass is 570 g/mol. The Morgan fingerprint density at radius 1 is 0.950 bits per heavy atom. The molecule has 2 unspecified atom stereocenters. The van der Waals surface area contributed by atoms with Gasteiger partial charge in [0.05, 0.1) is 6.33 Å². The molecule has 0 amide bonds. The fraction of sp³-hybridized carbons (Fsp3) is 0.485. The van der Waals surface area contributed by atoms with Crippen molar-refractivity contribution >= 4 is 29.4 Å². The zero-order chi connectivity index (χ0) is 29.4. The zero-order valence-corrected chi connectivity index (χ0v) is 25.6. The highest BCUT2D eigenvalue weighted by Gasteiger charge is 2.22. The highest BCUT2D eigenvalue weighted by molar-refractivity contribution is 7.99. The summed E-state index contributed by atoms with van der Waals surface area (Å²) in [6.07, 6.45) is 8.17. The van der Waals surface area contributed by atoms with Crippen LogP contribution in [0.4, 0.5) is 13.2 Å². The topological polar surface area (TPSA) is 17.8 Å². The number of nitrogens with zero attached hydrogens (tertiary/aromatic N) is 2. The minimum atomic E-state index is -4.23. The molecule has 3 rings (SSSR count). The van der Waals surface area contributed by atoms with E-state index in [-0.39, 0.29) is 6.71 Å². The van der Waals surface area contributed by atoms with Crippen molar-refractivity contribution in [3.05, 3.63) is 85.5 Å². The Labute approximate surface area is 245 Å². The van der Waals surface area contributed by atoms with E-state index in [0.29, 0.717) is 18.8 Å². The van der Waals surface area contributed by atoms with Crippen LogP contribution >= 0.6 is 11.8 Å². The quantitative estimate of drug-likeness (QED) is 0.109. The second-order valence-electron chi connectivity index (χ2n) is 11.0. The Morgan fingerprint density at radius 2 is 1.62 bits per heavy atom. The van der Waals surface area contributed by atoms with E-state index >= 15 is 0 Å². The third-order valence-corrected chi connectivity index (χ3v) is 7.83. The van der Waals surface area contributed by atoms with Gasteiger partial charge in [0.25, 0.3) is 0 Å². The van der Waals surface area contributed by atoms with Crippen molar-refractivity contribution in [1.82, 2.24) is 9.55 Å². The first kappa shape index (κ1) is 33.8. The molecule has 0 aliphatic heterocycles. The molecule has 2 aromatic carbocycles. The molecule has 1 heterocycles. The maximum Gasteiger partial charge on any atom is 0.409 e. The van der Waals surface area contributed by atoms with E-state index in [1.807, 2.05) is 42.9 Å². The summed E-state index contributed by atoms with van der Waals surface area (Å²) < 4.78 is 39.0. The van der Waals surface area contributed by atoms with Crippen molar-refractivity contribution in [3.63, 3.8) is 0 Å². The zero-order valence-electron chi connectivity index (χ0n) is 24.8. The normalized spacial score (nSPS) is 13.2. The van der Waals surface area contributed by atoms with Gasteiger partial charge in [-0.15, -0.1) is 11.8 Å². The lowest BCUT2D eigenvalue weighted by atomic mass is 9.38. The van der Waals surface area contributed by atoms with Crippen LogP contribution in [0.1, 0.15) is 60.3 Å². The number of thioether (sulfide) groups is 1. The van der Waals surface area contributed by atoms with Crippen LogP contribution in [0.3, 0.4) is 0 Å². The maximum absolute atomic E-state index is 12.3. The summed E-state index contributed by atoms with van der Waals surface area (Å²) in [6.45, 7) is 12.6. The number of allylic oxidation sites excluding steroid dienone is 2. The molecule has 0 bridgehead atoms. The summed E-state index contributed by atoms with van der Waals surface area (Å²) >= 11 is 1.78. The number of alkyl halides is 3.